The Bertz CT molecular complexity index is 523. The van der Waals surface area contributed by atoms with Crippen molar-refractivity contribution in [2.75, 3.05) is 44.3 Å². The number of hydrogen-bond donors (Lipinski definition) is 0. The minimum absolute atomic E-state index is 0.786. The fourth-order valence-corrected chi connectivity index (χ4v) is 3.34. The lowest BCUT2D eigenvalue weighted by Crippen LogP contribution is -2.39. The molecule has 0 bridgehead atoms. The first-order valence-electron chi connectivity index (χ1n) is 8.21. The number of anilines is 1. The molecular formula is C16H24N4O. The SMILES string of the molecule is Cc1nc(N2CCOCC2)nc2c1CN(CC1CC1)CC2. The molecule has 4 rings (SSSR count). The third kappa shape index (κ3) is 2.90. The smallest absolute Gasteiger partial charge is 0.225 e. The standard InChI is InChI=1S/C16H24N4O/c1-12-14-11-19(10-13-2-3-13)5-4-15(14)18-16(17-12)20-6-8-21-9-7-20/h13H,2-11H2,1H3. The van der Waals surface area contributed by atoms with Gasteiger partial charge in [0.15, 0.2) is 0 Å². The number of aryl methyl sites for hydroxylation is 1. The van der Waals surface area contributed by atoms with Crippen molar-refractivity contribution in [3.8, 4) is 0 Å². The van der Waals surface area contributed by atoms with E-state index in [-0.39, 0.29) is 0 Å². The molecule has 21 heavy (non-hydrogen) atoms. The van der Waals surface area contributed by atoms with Gasteiger partial charge in [-0.15, -0.1) is 0 Å². The van der Waals surface area contributed by atoms with Crippen LogP contribution < -0.4 is 4.90 Å². The first-order valence-corrected chi connectivity index (χ1v) is 8.21. The van der Waals surface area contributed by atoms with Crippen LogP contribution in [0.2, 0.25) is 0 Å². The molecule has 1 saturated heterocycles. The summed E-state index contributed by atoms with van der Waals surface area (Å²) in [6.45, 7) is 9.00. The molecule has 1 aliphatic carbocycles. The number of fused-ring (bicyclic) bond motifs is 1. The van der Waals surface area contributed by atoms with Crippen LogP contribution in [0.1, 0.15) is 29.8 Å². The minimum atomic E-state index is 0.786. The Balaban J connectivity index is 1.54. The molecule has 0 atom stereocenters. The minimum Gasteiger partial charge on any atom is -0.378 e. The van der Waals surface area contributed by atoms with Gasteiger partial charge in [-0.05, 0) is 25.7 Å². The number of rotatable bonds is 3. The quantitative estimate of drug-likeness (QED) is 0.841. The molecule has 3 aliphatic rings. The van der Waals surface area contributed by atoms with Crippen LogP contribution >= 0.6 is 0 Å². The van der Waals surface area contributed by atoms with E-state index in [4.69, 9.17) is 14.7 Å². The molecule has 5 nitrogen and oxygen atoms in total. The molecular weight excluding hydrogens is 264 g/mol. The van der Waals surface area contributed by atoms with Gasteiger partial charge in [0, 0.05) is 50.4 Å². The fraction of sp³-hybridized carbons (Fsp3) is 0.750. The van der Waals surface area contributed by atoms with E-state index in [0.717, 1.165) is 57.7 Å². The van der Waals surface area contributed by atoms with Crippen LogP contribution in [0.5, 0.6) is 0 Å². The lowest BCUT2D eigenvalue weighted by atomic mass is 10.0. The van der Waals surface area contributed by atoms with Crippen LogP contribution in [0.25, 0.3) is 0 Å². The van der Waals surface area contributed by atoms with Crippen LogP contribution in [0.3, 0.4) is 0 Å². The molecule has 1 saturated carbocycles. The van der Waals surface area contributed by atoms with Gasteiger partial charge in [-0.25, -0.2) is 9.97 Å². The van der Waals surface area contributed by atoms with Gasteiger partial charge in [0.05, 0.1) is 18.9 Å². The van der Waals surface area contributed by atoms with Gasteiger partial charge in [0.2, 0.25) is 5.95 Å². The molecule has 3 heterocycles. The van der Waals surface area contributed by atoms with E-state index < -0.39 is 0 Å². The van der Waals surface area contributed by atoms with E-state index in [1.807, 2.05) is 0 Å². The van der Waals surface area contributed by atoms with Crippen molar-refractivity contribution >= 4 is 5.95 Å². The van der Waals surface area contributed by atoms with Crippen molar-refractivity contribution in [3.05, 3.63) is 17.0 Å². The summed E-state index contributed by atoms with van der Waals surface area (Å²) >= 11 is 0. The molecule has 1 aromatic heterocycles. The molecule has 5 heteroatoms. The van der Waals surface area contributed by atoms with Crippen LogP contribution in [0.4, 0.5) is 5.95 Å². The van der Waals surface area contributed by atoms with E-state index in [1.165, 1.54) is 36.3 Å². The van der Waals surface area contributed by atoms with Crippen LogP contribution in [0.15, 0.2) is 0 Å². The Morgan fingerprint density at radius 2 is 1.95 bits per heavy atom. The first kappa shape index (κ1) is 13.5. The van der Waals surface area contributed by atoms with E-state index in [2.05, 4.69) is 16.7 Å². The highest BCUT2D eigenvalue weighted by atomic mass is 16.5. The lowest BCUT2D eigenvalue weighted by Gasteiger charge is -2.31. The van der Waals surface area contributed by atoms with Crippen LogP contribution in [-0.4, -0.2) is 54.3 Å². The van der Waals surface area contributed by atoms with E-state index in [0.29, 0.717) is 0 Å². The highest BCUT2D eigenvalue weighted by Crippen LogP contribution is 2.32. The van der Waals surface area contributed by atoms with Gasteiger partial charge in [-0.2, -0.15) is 0 Å². The van der Waals surface area contributed by atoms with Gasteiger partial charge in [-0.3, -0.25) is 4.90 Å². The third-order valence-corrected chi connectivity index (χ3v) is 4.84. The monoisotopic (exact) mass is 288 g/mol. The van der Waals surface area contributed by atoms with Crippen molar-refractivity contribution in [2.24, 2.45) is 5.92 Å². The molecule has 0 unspecified atom stereocenters. The van der Waals surface area contributed by atoms with Gasteiger partial charge in [0.1, 0.15) is 0 Å². The van der Waals surface area contributed by atoms with E-state index in [9.17, 15) is 0 Å². The summed E-state index contributed by atoms with van der Waals surface area (Å²) in [5, 5.41) is 0. The molecule has 1 aromatic rings. The normalized spacial score (nSPS) is 23.2. The summed E-state index contributed by atoms with van der Waals surface area (Å²) < 4.78 is 5.42. The largest absolute Gasteiger partial charge is 0.378 e. The average Bonchev–Trinajstić information content (AvgIpc) is 3.33. The zero-order valence-electron chi connectivity index (χ0n) is 12.8. The summed E-state index contributed by atoms with van der Waals surface area (Å²) in [6.07, 6.45) is 3.92. The maximum absolute atomic E-state index is 5.42. The Morgan fingerprint density at radius 1 is 1.14 bits per heavy atom. The van der Waals surface area contributed by atoms with Gasteiger partial charge in [0.25, 0.3) is 0 Å². The maximum Gasteiger partial charge on any atom is 0.225 e. The number of ether oxygens (including phenoxy) is 1. The van der Waals surface area contributed by atoms with Crippen molar-refractivity contribution in [2.45, 2.75) is 32.7 Å². The second-order valence-corrected chi connectivity index (χ2v) is 6.56. The summed E-state index contributed by atoms with van der Waals surface area (Å²) in [5.41, 5.74) is 3.82. The molecule has 0 aromatic carbocycles. The van der Waals surface area contributed by atoms with Crippen LogP contribution in [0, 0.1) is 12.8 Å². The highest BCUT2D eigenvalue weighted by Gasteiger charge is 2.28. The van der Waals surface area contributed by atoms with Crippen molar-refractivity contribution < 1.29 is 4.74 Å². The maximum atomic E-state index is 5.42. The summed E-state index contributed by atoms with van der Waals surface area (Å²) in [6, 6.07) is 0. The fourth-order valence-electron chi connectivity index (χ4n) is 3.34. The Kier molecular flexibility index (Phi) is 3.55. The lowest BCUT2D eigenvalue weighted by molar-refractivity contribution is 0.122. The molecule has 0 N–H and O–H groups in total. The van der Waals surface area contributed by atoms with Crippen LogP contribution in [-0.2, 0) is 17.7 Å². The highest BCUT2D eigenvalue weighted by molar-refractivity contribution is 5.38. The van der Waals surface area contributed by atoms with Crippen molar-refractivity contribution in [1.29, 1.82) is 0 Å². The van der Waals surface area contributed by atoms with Gasteiger partial charge >= 0.3 is 0 Å². The zero-order valence-corrected chi connectivity index (χ0v) is 12.8. The topological polar surface area (TPSA) is 41.5 Å². The van der Waals surface area contributed by atoms with E-state index in [1.54, 1.807) is 0 Å². The number of aromatic nitrogens is 2. The zero-order chi connectivity index (χ0) is 14.2. The third-order valence-electron chi connectivity index (χ3n) is 4.84. The average molecular weight is 288 g/mol. The molecule has 0 amide bonds. The summed E-state index contributed by atoms with van der Waals surface area (Å²) in [4.78, 5) is 14.5. The Hall–Kier alpha value is -1.20. The van der Waals surface area contributed by atoms with Gasteiger partial charge < -0.3 is 9.64 Å². The second-order valence-electron chi connectivity index (χ2n) is 6.56. The summed E-state index contributed by atoms with van der Waals surface area (Å²) in [5.74, 6) is 1.87. The molecule has 2 fully saturated rings. The first-order chi connectivity index (χ1) is 10.3. The van der Waals surface area contributed by atoms with Gasteiger partial charge in [-0.1, -0.05) is 0 Å². The number of hydrogen-bond acceptors (Lipinski definition) is 5. The second kappa shape index (κ2) is 5.54. The molecule has 114 valence electrons. The Labute approximate surface area is 126 Å². The number of nitrogens with zero attached hydrogens (tertiary/aromatic N) is 4. The molecule has 2 aliphatic heterocycles. The predicted molar refractivity (Wildman–Crippen MR) is 81.5 cm³/mol. The number of morpholine rings is 1. The Morgan fingerprint density at radius 3 is 2.71 bits per heavy atom. The molecule has 0 radical (unpaired) electrons. The van der Waals surface area contributed by atoms with Crippen molar-refractivity contribution in [1.82, 2.24) is 14.9 Å². The molecule has 0 spiro atoms. The predicted octanol–water partition coefficient (Wildman–Crippen LogP) is 1.39. The van der Waals surface area contributed by atoms with E-state index >= 15 is 0 Å². The van der Waals surface area contributed by atoms with Crippen molar-refractivity contribution in [3.63, 3.8) is 0 Å². The summed E-state index contributed by atoms with van der Waals surface area (Å²) in [7, 11) is 0.